The van der Waals surface area contributed by atoms with E-state index in [-0.39, 0.29) is 18.4 Å². The van der Waals surface area contributed by atoms with Gasteiger partial charge in [0.1, 0.15) is 5.82 Å². The number of anilines is 2. The molecule has 2 heterocycles. The molecule has 1 atom stereocenters. The number of nitrogens with zero attached hydrogens (tertiary/aromatic N) is 2. The molecule has 0 spiro atoms. The molecule has 0 radical (unpaired) electrons. The Kier molecular flexibility index (Phi) is 6.20. The maximum Gasteiger partial charge on any atom is 0.149 e. The van der Waals surface area contributed by atoms with E-state index in [1.54, 1.807) is 12.4 Å². The van der Waals surface area contributed by atoms with E-state index in [0.29, 0.717) is 10.8 Å². The van der Waals surface area contributed by atoms with Crippen molar-refractivity contribution in [3.05, 3.63) is 46.9 Å². The first-order valence-corrected chi connectivity index (χ1v) is 6.58. The molecule has 0 aliphatic heterocycles. The minimum atomic E-state index is -0.0277. The monoisotopic (exact) mass is 312 g/mol. The molecule has 2 aromatic heterocycles. The molecule has 0 aliphatic rings. The van der Waals surface area contributed by atoms with Gasteiger partial charge in [0, 0.05) is 17.9 Å². The second-order valence-electron chi connectivity index (χ2n) is 4.43. The molecule has 3 N–H and O–H groups in total. The van der Waals surface area contributed by atoms with Crippen LogP contribution in [0.2, 0.25) is 5.02 Å². The second kappa shape index (κ2) is 7.43. The summed E-state index contributed by atoms with van der Waals surface area (Å²) in [7, 11) is 0. The highest BCUT2D eigenvalue weighted by Gasteiger charge is 2.08. The number of nitrogens with two attached hydrogens (primary N) is 1. The Morgan fingerprint density at radius 1 is 1.30 bits per heavy atom. The fraction of sp³-hybridized carbons (Fsp3) is 0.286. The number of hydrogen-bond donors (Lipinski definition) is 2. The Bertz CT molecular complexity index is 558. The van der Waals surface area contributed by atoms with E-state index >= 15 is 0 Å². The van der Waals surface area contributed by atoms with Crippen LogP contribution in [0, 0.1) is 6.92 Å². The van der Waals surface area contributed by atoms with Crippen molar-refractivity contribution in [2.45, 2.75) is 26.3 Å². The number of halogens is 2. The molecular formula is C14H18Cl2N4. The van der Waals surface area contributed by atoms with Crippen molar-refractivity contribution in [2.24, 2.45) is 5.73 Å². The number of rotatable bonds is 4. The lowest BCUT2D eigenvalue weighted by molar-refractivity contribution is 0.695. The maximum absolute atomic E-state index is 6.21. The Hall–Kier alpha value is -1.36. The van der Waals surface area contributed by atoms with Crippen LogP contribution in [0.25, 0.3) is 0 Å². The molecule has 0 fully saturated rings. The van der Waals surface area contributed by atoms with Crippen LogP contribution >= 0.6 is 24.0 Å². The molecule has 20 heavy (non-hydrogen) atoms. The van der Waals surface area contributed by atoms with E-state index in [2.05, 4.69) is 15.3 Å². The molecule has 6 heteroatoms. The van der Waals surface area contributed by atoms with Gasteiger partial charge in [-0.3, -0.25) is 4.98 Å². The number of pyridine rings is 2. The first kappa shape index (κ1) is 16.7. The zero-order chi connectivity index (χ0) is 13.8. The second-order valence-corrected chi connectivity index (χ2v) is 4.83. The van der Waals surface area contributed by atoms with Gasteiger partial charge in [-0.05, 0) is 37.1 Å². The molecule has 0 aromatic carbocycles. The number of aryl methyl sites for hydroxylation is 1. The molecule has 4 nitrogen and oxygen atoms in total. The lowest BCUT2D eigenvalue weighted by atomic mass is 10.1. The third-order valence-electron chi connectivity index (χ3n) is 2.90. The average Bonchev–Trinajstić information content (AvgIpc) is 2.42. The van der Waals surface area contributed by atoms with Crippen molar-refractivity contribution >= 4 is 35.5 Å². The van der Waals surface area contributed by atoms with E-state index in [9.17, 15) is 0 Å². The van der Waals surface area contributed by atoms with Gasteiger partial charge >= 0.3 is 0 Å². The highest BCUT2D eigenvalue weighted by Crippen LogP contribution is 2.26. The van der Waals surface area contributed by atoms with Crippen LogP contribution in [0.15, 0.2) is 30.6 Å². The highest BCUT2D eigenvalue weighted by atomic mass is 35.5. The smallest absolute Gasteiger partial charge is 0.149 e. The predicted molar refractivity (Wildman–Crippen MR) is 86.0 cm³/mol. The summed E-state index contributed by atoms with van der Waals surface area (Å²) in [6.45, 7) is 3.97. The van der Waals surface area contributed by atoms with Crippen LogP contribution in [0.4, 0.5) is 11.5 Å². The Morgan fingerprint density at radius 3 is 2.60 bits per heavy atom. The maximum atomic E-state index is 6.21. The molecule has 0 aliphatic carbocycles. The van der Waals surface area contributed by atoms with Crippen LogP contribution in [0.5, 0.6) is 0 Å². The Morgan fingerprint density at radius 2 is 2.05 bits per heavy atom. The van der Waals surface area contributed by atoms with Crippen molar-refractivity contribution in [1.29, 1.82) is 0 Å². The summed E-state index contributed by atoms with van der Waals surface area (Å²) in [6.07, 6.45) is 4.36. The molecule has 0 amide bonds. The van der Waals surface area contributed by atoms with E-state index < -0.39 is 0 Å². The molecule has 2 aromatic rings. The van der Waals surface area contributed by atoms with Crippen LogP contribution in [-0.2, 0) is 0 Å². The molecule has 0 saturated carbocycles. The first-order valence-electron chi connectivity index (χ1n) is 6.21. The van der Waals surface area contributed by atoms with Gasteiger partial charge in [-0.15, -0.1) is 12.4 Å². The molecule has 108 valence electrons. The quantitative estimate of drug-likeness (QED) is 0.895. The Balaban J connectivity index is 0.00000200. The predicted octanol–water partition coefficient (Wildman–Crippen LogP) is 4.01. The van der Waals surface area contributed by atoms with Crippen LogP contribution < -0.4 is 11.1 Å². The van der Waals surface area contributed by atoms with E-state index in [1.165, 1.54) is 0 Å². The largest absolute Gasteiger partial charge is 0.338 e. The third-order valence-corrected chi connectivity index (χ3v) is 3.19. The molecular weight excluding hydrogens is 295 g/mol. The van der Waals surface area contributed by atoms with Gasteiger partial charge in [-0.1, -0.05) is 18.5 Å². The summed E-state index contributed by atoms with van der Waals surface area (Å²) >= 11 is 6.21. The Labute approximate surface area is 130 Å². The van der Waals surface area contributed by atoms with Gasteiger partial charge in [-0.25, -0.2) is 4.98 Å². The first-order chi connectivity index (χ1) is 9.10. The van der Waals surface area contributed by atoms with Gasteiger partial charge < -0.3 is 11.1 Å². The summed E-state index contributed by atoms with van der Waals surface area (Å²) in [5, 5.41) is 3.69. The fourth-order valence-corrected chi connectivity index (χ4v) is 1.88. The third kappa shape index (κ3) is 4.07. The lowest BCUT2D eigenvalue weighted by Crippen LogP contribution is -2.09. The molecule has 0 unspecified atom stereocenters. The van der Waals surface area contributed by atoms with Crippen molar-refractivity contribution in [1.82, 2.24) is 9.97 Å². The summed E-state index contributed by atoms with van der Waals surface area (Å²) < 4.78 is 0. The number of hydrogen-bond acceptors (Lipinski definition) is 4. The zero-order valence-corrected chi connectivity index (χ0v) is 13.0. The van der Waals surface area contributed by atoms with Crippen molar-refractivity contribution in [3.8, 4) is 0 Å². The van der Waals surface area contributed by atoms with Crippen molar-refractivity contribution in [2.75, 3.05) is 5.32 Å². The summed E-state index contributed by atoms with van der Waals surface area (Å²) in [5.41, 5.74) is 8.72. The van der Waals surface area contributed by atoms with Crippen LogP contribution in [0.1, 0.15) is 30.6 Å². The minimum Gasteiger partial charge on any atom is -0.338 e. The molecule has 2 rings (SSSR count). The minimum absolute atomic E-state index is 0. The number of nitrogens with one attached hydrogen (secondary N) is 1. The van der Waals surface area contributed by atoms with Crippen molar-refractivity contribution in [3.63, 3.8) is 0 Å². The summed E-state index contributed by atoms with van der Waals surface area (Å²) in [4.78, 5) is 8.52. The van der Waals surface area contributed by atoms with Gasteiger partial charge in [0.15, 0.2) is 0 Å². The highest BCUT2D eigenvalue weighted by molar-refractivity contribution is 6.33. The average molecular weight is 313 g/mol. The van der Waals surface area contributed by atoms with Gasteiger partial charge in [0.2, 0.25) is 0 Å². The lowest BCUT2D eigenvalue weighted by Gasteiger charge is -2.12. The molecule has 0 bridgehead atoms. The van der Waals surface area contributed by atoms with Crippen molar-refractivity contribution < 1.29 is 0 Å². The van der Waals surface area contributed by atoms with E-state index in [4.69, 9.17) is 17.3 Å². The SMILES string of the molecule is CC[C@@H](N)c1cnc(Nc2ccc(C)nc2)c(Cl)c1.Cl. The molecule has 0 saturated heterocycles. The fourth-order valence-electron chi connectivity index (χ4n) is 1.66. The summed E-state index contributed by atoms with van der Waals surface area (Å²) in [6, 6.07) is 5.69. The van der Waals surface area contributed by atoms with Crippen LogP contribution in [0.3, 0.4) is 0 Å². The number of aromatic nitrogens is 2. The van der Waals surface area contributed by atoms with E-state index in [0.717, 1.165) is 23.4 Å². The van der Waals surface area contributed by atoms with E-state index in [1.807, 2.05) is 32.0 Å². The summed E-state index contributed by atoms with van der Waals surface area (Å²) in [5.74, 6) is 0.611. The van der Waals surface area contributed by atoms with Gasteiger partial charge in [-0.2, -0.15) is 0 Å². The standard InChI is InChI=1S/C14H17ClN4.ClH/c1-3-13(16)10-6-12(15)14(18-7-10)19-11-5-4-9(2)17-8-11;/h4-8,13H,3,16H2,1-2H3,(H,18,19);1H/t13-;/m1./s1. The van der Waals surface area contributed by atoms with Crippen LogP contribution in [-0.4, -0.2) is 9.97 Å². The zero-order valence-electron chi connectivity index (χ0n) is 11.4. The van der Waals surface area contributed by atoms with Gasteiger partial charge in [0.25, 0.3) is 0 Å². The topological polar surface area (TPSA) is 63.8 Å². The normalized spacial score (nSPS) is 11.6. The van der Waals surface area contributed by atoms with Gasteiger partial charge in [0.05, 0.1) is 16.9 Å².